The second-order valence-corrected chi connectivity index (χ2v) is 8.77. The Morgan fingerprint density at radius 2 is 1.23 bits per heavy atom. The number of para-hydroxylation sites is 2. The molecule has 4 nitrogen and oxygen atoms in total. The van der Waals surface area contributed by atoms with Gasteiger partial charge in [-0.25, -0.2) is 9.97 Å². The standard InChI is InChI=1S/C31H22N4/c1-3-7-29-25(5-1)26-6-2-4-8-30(26)35(29)24-15-13-22(14-16-24)21-9-11-23(12-10-21)31-27-19-32-18-17-28(27)33-20-34-31/h1-17,19-20,32H,18H2. The fourth-order valence-corrected chi connectivity index (χ4v) is 5.08. The molecular weight excluding hydrogens is 428 g/mol. The van der Waals surface area contributed by atoms with Crippen molar-refractivity contribution < 1.29 is 0 Å². The number of rotatable bonds is 3. The molecule has 3 heterocycles. The average Bonchev–Trinajstić information content (AvgIpc) is 3.27. The highest BCUT2D eigenvalue weighted by atomic mass is 15.0. The van der Waals surface area contributed by atoms with Gasteiger partial charge in [-0.1, -0.05) is 72.8 Å². The van der Waals surface area contributed by atoms with Crippen LogP contribution < -0.4 is 15.9 Å². The number of hydrogen-bond acceptors (Lipinski definition) is 3. The minimum atomic E-state index is 0.799. The molecule has 4 heteroatoms. The molecule has 2 aromatic heterocycles. The first-order valence-electron chi connectivity index (χ1n) is 11.8. The van der Waals surface area contributed by atoms with Gasteiger partial charge in [0.25, 0.3) is 0 Å². The zero-order valence-corrected chi connectivity index (χ0v) is 19.0. The molecule has 0 radical (unpaired) electrons. The summed E-state index contributed by atoms with van der Waals surface area (Å²) in [7, 11) is 0. The molecule has 0 saturated carbocycles. The molecule has 4 aromatic carbocycles. The highest BCUT2D eigenvalue weighted by molar-refractivity contribution is 6.09. The van der Waals surface area contributed by atoms with Crippen LogP contribution >= 0.6 is 0 Å². The normalized spacial score (nSPS) is 12.6. The molecular formula is C31H22N4. The largest absolute Gasteiger partial charge is 0.387 e. The van der Waals surface area contributed by atoms with Gasteiger partial charge in [-0.15, -0.1) is 0 Å². The molecule has 0 amide bonds. The Bertz CT molecular complexity index is 1780. The van der Waals surface area contributed by atoms with Gasteiger partial charge in [0.05, 0.1) is 22.1 Å². The predicted molar refractivity (Wildman–Crippen MR) is 143 cm³/mol. The van der Waals surface area contributed by atoms with Gasteiger partial charge in [0.15, 0.2) is 0 Å². The van der Waals surface area contributed by atoms with E-state index in [1.54, 1.807) is 6.33 Å². The second-order valence-electron chi connectivity index (χ2n) is 8.77. The summed E-state index contributed by atoms with van der Waals surface area (Å²) in [4.78, 5) is 8.95. The maximum Gasteiger partial charge on any atom is 0.116 e. The Morgan fingerprint density at radius 3 is 1.91 bits per heavy atom. The van der Waals surface area contributed by atoms with Gasteiger partial charge in [-0.05, 0) is 41.5 Å². The summed E-state index contributed by atoms with van der Waals surface area (Å²) in [5, 5.41) is 7.85. The number of hydrogen-bond donors (Lipinski definition) is 1. The fourth-order valence-electron chi connectivity index (χ4n) is 5.08. The molecule has 35 heavy (non-hydrogen) atoms. The Balaban J connectivity index is 1.27. The summed E-state index contributed by atoms with van der Waals surface area (Å²) in [5.74, 6) is 0. The molecule has 0 saturated heterocycles. The topological polar surface area (TPSA) is 42.7 Å². The van der Waals surface area contributed by atoms with Gasteiger partial charge in [0, 0.05) is 40.0 Å². The van der Waals surface area contributed by atoms with Crippen molar-refractivity contribution in [2.24, 2.45) is 0 Å². The molecule has 0 atom stereocenters. The predicted octanol–water partition coefficient (Wildman–Crippen LogP) is 5.03. The lowest BCUT2D eigenvalue weighted by atomic mass is 10.0. The lowest BCUT2D eigenvalue weighted by molar-refractivity contribution is 1.01. The van der Waals surface area contributed by atoms with Crippen molar-refractivity contribution in [3.63, 3.8) is 0 Å². The quantitative estimate of drug-likeness (QED) is 0.411. The molecule has 0 bridgehead atoms. The molecule has 7 rings (SSSR count). The number of nitrogens with zero attached hydrogens (tertiary/aromatic N) is 3. The summed E-state index contributed by atoms with van der Waals surface area (Å²) in [6.45, 7) is 0.799. The van der Waals surface area contributed by atoms with E-state index < -0.39 is 0 Å². The summed E-state index contributed by atoms with van der Waals surface area (Å²) < 4.78 is 2.34. The van der Waals surface area contributed by atoms with E-state index in [1.165, 1.54) is 32.9 Å². The minimum absolute atomic E-state index is 0.799. The first kappa shape index (κ1) is 19.7. The number of aromatic nitrogens is 3. The van der Waals surface area contributed by atoms with E-state index in [4.69, 9.17) is 0 Å². The van der Waals surface area contributed by atoms with Crippen LogP contribution in [0.4, 0.5) is 0 Å². The number of fused-ring (bicyclic) bond motifs is 4. The van der Waals surface area contributed by atoms with E-state index in [0.717, 1.165) is 34.1 Å². The molecule has 0 unspecified atom stereocenters. The maximum absolute atomic E-state index is 4.55. The zero-order chi connectivity index (χ0) is 23.2. The van der Waals surface area contributed by atoms with Gasteiger partial charge >= 0.3 is 0 Å². The Hall–Kier alpha value is -4.70. The third kappa shape index (κ3) is 3.22. The summed E-state index contributed by atoms with van der Waals surface area (Å²) in [6, 6.07) is 34.6. The molecule has 166 valence electrons. The van der Waals surface area contributed by atoms with Gasteiger partial charge < -0.3 is 9.88 Å². The molecule has 1 N–H and O–H groups in total. The Labute approximate surface area is 202 Å². The van der Waals surface area contributed by atoms with Crippen LogP contribution in [0.15, 0.2) is 103 Å². The van der Waals surface area contributed by atoms with Crippen molar-refractivity contribution in [1.29, 1.82) is 0 Å². The van der Waals surface area contributed by atoms with Crippen LogP contribution in [0.2, 0.25) is 0 Å². The van der Waals surface area contributed by atoms with Crippen LogP contribution in [0.25, 0.3) is 62.2 Å². The molecule has 1 aliphatic rings. The van der Waals surface area contributed by atoms with Crippen molar-refractivity contribution >= 4 is 34.1 Å². The molecule has 0 spiro atoms. The lowest BCUT2D eigenvalue weighted by Gasteiger charge is -2.10. The van der Waals surface area contributed by atoms with Crippen molar-refractivity contribution in [2.75, 3.05) is 6.54 Å². The highest BCUT2D eigenvalue weighted by Gasteiger charge is 2.11. The molecule has 1 aliphatic heterocycles. The zero-order valence-electron chi connectivity index (χ0n) is 19.0. The summed E-state index contributed by atoms with van der Waals surface area (Å²) >= 11 is 0. The van der Waals surface area contributed by atoms with Crippen LogP contribution in [-0.2, 0) is 0 Å². The fraction of sp³-hybridized carbons (Fsp3) is 0.0323. The monoisotopic (exact) mass is 450 g/mol. The van der Waals surface area contributed by atoms with Crippen LogP contribution in [0.1, 0.15) is 0 Å². The SMILES string of the molecule is C1=c2ncnc(-c3ccc(-c4ccc(-n5c6ccccc6c6ccccc65)cc4)cc3)c2=CNC1. The summed E-state index contributed by atoms with van der Waals surface area (Å²) in [5.41, 5.74) is 8.01. The average molecular weight is 451 g/mol. The van der Waals surface area contributed by atoms with E-state index in [9.17, 15) is 0 Å². The van der Waals surface area contributed by atoms with Crippen LogP contribution in [0, 0.1) is 0 Å². The van der Waals surface area contributed by atoms with Crippen LogP contribution in [0.5, 0.6) is 0 Å². The maximum atomic E-state index is 4.55. The van der Waals surface area contributed by atoms with Crippen LogP contribution in [0.3, 0.4) is 0 Å². The first-order valence-corrected chi connectivity index (χ1v) is 11.8. The van der Waals surface area contributed by atoms with E-state index in [-0.39, 0.29) is 0 Å². The lowest BCUT2D eigenvalue weighted by Crippen LogP contribution is -2.37. The molecule has 0 fully saturated rings. The summed E-state index contributed by atoms with van der Waals surface area (Å²) in [6.07, 6.45) is 5.74. The van der Waals surface area contributed by atoms with Crippen molar-refractivity contribution in [3.05, 3.63) is 114 Å². The van der Waals surface area contributed by atoms with E-state index in [2.05, 4.69) is 123 Å². The number of nitrogens with one attached hydrogen (secondary N) is 1. The minimum Gasteiger partial charge on any atom is -0.387 e. The number of benzene rings is 4. The Kier molecular flexibility index (Phi) is 4.49. The smallest absolute Gasteiger partial charge is 0.116 e. The third-order valence-corrected chi connectivity index (χ3v) is 6.77. The van der Waals surface area contributed by atoms with E-state index in [1.807, 2.05) is 6.20 Å². The molecule has 0 aliphatic carbocycles. The highest BCUT2D eigenvalue weighted by Crippen LogP contribution is 2.32. The van der Waals surface area contributed by atoms with Crippen molar-refractivity contribution in [2.45, 2.75) is 0 Å². The van der Waals surface area contributed by atoms with Crippen molar-refractivity contribution in [1.82, 2.24) is 19.9 Å². The van der Waals surface area contributed by atoms with E-state index in [0.29, 0.717) is 0 Å². The van der Waals surface area contributed by atoms with Gasteiger partial charge in [0.2, 0.25) is 0 Å². The van der Waals surface area contributed by atoms with E-state index >= 15 is 0 Å². The van der Waals surface area contributed by atoms with Gasteiger partial charge in [-0.3, -0.25) is 0 Å². The van der Waals surface area contributed by atoms with Crippen molar-refractivity contribution in [3.8, 4) is 28.1 Å². The Morgan fingerprint density at radius 1 is 0.629 bits per heavy atom. The first-order chi connectivity index (χ1) is 17.4. The van der Waals surface area contributed by atoms with Crippen LogP contribution in [-0.4, -0.2) is 21.1 Å². The second kappa shape index (κ2) is 7.96. The van der Waals surface area contributed by atoms with Gasteiger partial charge in [-0.2, -0.15) is 0 Å². The van der Waals surface area contributed by atoms with Gasteiger partial charge in [0.1, 0.15) is 6.33 Å². The third-order valence-electron chi connectivity index (χ3n) is 6.77. The molecule has 6 aromatic rings.